The predicted octanol–water partition coefficient (Wildman–Crippen LogP) is 0.383. The highest BCUT2D eigenvalue weighted by Gasteiger charge is 2.27. The van der Waals surface area contributed by atoms with Gasteiger partial charge in [0.25, 0.3) is 0 Å². The van der Waals surface area contributed by atoms with Gasteiger partial charge < -0.3 is 0 Å². The molecule has 5 heteroatoms. The topological polar surface area (TPSA) is 37.4 Å². The van der Waals surface area contributed by atoms with Crippen molar-refractivity contribution in [2.45, 2.75) is 11.7 Å². The third-order valence-electron chi connectivity index (χ3n) is 1.91. The lowest BCUT2D eigenvalue weighted by atomic mass is 10.4. The van der Waals surface area contributed by atoms with Gasteiger partial charge in [-0.05, 0) is 12.7 Å². The summed E-state index contributed by atoms with van der Waals surface area (Å²) in [5.41, 5.74) is 0. The zero-order chi connectivity index (χ0) is 8.48. The Hall–Kier alpha value is 0.260. The molecule has 1 aliphatic rings. The molecule has 1 unspecified atom stereocenters. The molecule has 66 valence electrons. The fraction of sp³-hybridized carbons (Fsp3) is 1.00. The van der Waals surface area contributed by atoms with E-state index in [4.69, 9.17) is 0 Å². The highest BCUT2D eigenvalue weighted by atomic mass is 32.2. The molecule has 0 N–H and O–H groups in total. The van der Waals surface area contributed by atoms with Crippen molar-refractivity contribution in [2.24, 2.45) is 0 Å². The number of nitrogens with zero attached hydrogens (tertiary/aromatic N) is 1. The van der Waals surface area contributed by atoms with E-state index in [1.807, 2.05) is 6.26 Å². The Morgan fingerprint density at radius 3 is 2.45 bits per heavy atom. The summed E-state index contributed by atoms with van der Waals surface area (Å²) in [7, 11) is -2.93. The molecule has 1 saturated heterocycles. The monoisotopic (exact) mass is 195 g/mol. The Balaban J connectivity index is 2.55. The Morgan fingerprint density at radius 2 is 2.18 bits per heavy atom. The van der Waals surface area contributed by atoms with Crippen LogP contribution in [0.15, 0.2) is 0 Å². The normalized spacial score (nSPS) is 27.6. The van der Waals surface area contributed by atoms with Gasteiger partial charge in [0, 0.05) is 18.3 Å². The second-order valence-corrected chi connectivity index (χ2v) is 5.89. The minimum absolute atomic E-state index is 0.504. The van der Waals surface area contributed by atoms with Crippen molar-refractivity contribution in [1.29, 1.82) is 0 Å². The van der Waals surface area contributed by atoms with Crippen LogP contribution in [0.5, 0.6) is 0 Å². The van der Waals surface area contributed by atoms with Crippen molar-refractivity contribution >= 4 is 21.8 Å². The molecule has 1 heterocycles. The van der Waals surface area contributed by atoms with Crippen LogP contribution >= 0.6 is 11.8 Å². The van der Waals surface area contributed by atoms with E-state index in [-0.39, 0.29) is 0 Å². The Kier molecular flexibility index (Phi) is 2.83. The molecular formula is C6H13NO2S2. The average molecular weight is 195 g/mol. The Bertz CT molecular complexity index is 225. The lowest BCUT2D eigenvalue weighted by molar-refractivity contribution is 0.484. The van der Waals surface area contributed by atoms with Crippen molar-refractivity contribution in [3.8, 4) is 0 Å². The van der Waals surface area contributed by atoms with E-state index in [0.717, 1.165) is 6.42 Å². The van der Waals surface area contributed by atoms with Crippen molar-refractivity contribution in [2.75, 3.05) is 25.6 Å². The molecule has 0 amide bonds. The van der Waals surface area contributed by atoms with Gasteiger partial charge in [0.2, 0.25) is 10.0 Å². The van der Waals surface area contributed by atoms with E-state index in [1.54, 1.807) is 16.1 Å². The summed E-state index contributed by atoms with van der Waals surface area (Å²) in [5.74, 6) is 0. The predicted molar refractivity (Wildman–Crippen MR) is 48.3 cm³/mol. The van der Waals surface area contributed by atoms with Gasteiger partial charge in [-0.2, -0.15) is 11.8 Å². The van der Waals surface area contributed by atoms with Crippen molar-refractivity contribution in [1.82, 2.24) is 4.31 Å². The number of hydrogen-bond donors (Lipinski definition) is 0. The lowest BCUT2D eigenvalue weighted by Crippen LogP contribution is -2.27. The summed E-state index contributed by atoms with van der Waals surface area (Å²) in [5, 5.41) is 0.504. The summed E-state index contributed by atoms with van der Waals surface area (Å²) in [6, 6.07) is 0. The van der Waals surface area contributed by atoms with Crippen LogP contribution in [0.2, 0.25) is 0 Å². The zero-order valence-corrected chi connectivity index (χ0v) is 8.41. The van der Waals surface area contributed by atoms with Gasteiger partial charge in [0.1, 0.15) is 0 Å². The van der Waals surface area contributed by atoms with E-state index in [0.29, 0.717) is 18.3 Å². The standard InChI is InChI=1S/C6H13NO2S2/c1-10-6-3-4-7(5-6)11(2,8)9/h6H,3-5H2,1-2H3. The average Bonchev–Trinajstić information content (AvgIpc) is 2.32. The molecule has 0 bridgehead atoms. The molecule has 1 rings (SSSR count). The molecule has 1 atom stereocenters. The SMILES string of the molecule is CSC1CCN(S(C)(=O)=O)C1. The molecule has 3 nitrogen and oxygen atoms in total. The van der Waals surface area contributed by atoms with E-state index in [9.17, 15) is 8.42 Å². The Labute approximate surface area is 72.2 Å². The van der Waals surface area contributed by atoms with Crippen molar-refractivity contribution in [3.63, 3.8) is 0 Å². The molecule has 1 fully saturated rings. The van der Waals surface area contributed by atoms with Gasteiger partial charge in [-0.25, -0.2) is 12.7 Å². The Morgan fingerprint density at radius 1 is 1.55 bits per heavy atom. The largest absolute Gasteiger partial charge is 0.213 e. The van der Waals surface area contributed by atoms with Gasteiger partial charge in [-0.3, -0.25) is 0 Å². The first-order valence-electron chi connectivity index (χ1n) is 3.52. The summed E-state index contributed by atoms with van der Waals surface area (Å²) >= 11 is 1.75. The van der Waals surface area contributed by atoms with Gasteiger partial charge in [0.05, 0.1) is 6.26 Å². The maximum absolute atomic E-state index is 11.0. The van der Waals surface area contributed by atoms with Crippen LogP contribution in [0.4, 0.5) is 0 Å². The minimum atomic E-state index is -2.93. The van der Waals surface area contributed by atoms with Crippen LogP contribution in [-0.4, -0.2) is 43.6 Å². The summed E-state index contributed by atoms with van der Waals surface area (Å²) in [6.45, 7) is 1.39. The van der Waals surface area contributed by atoms with Crippen molar-refractivity contribution < 1.29 is 8.42 Å². The summed E-state index contributed by atoms with van der Waals surface area (Å²) < 4.78 is 23.6. The van der Waals surface area contributed by atoms with Crippen LogP contribution in [-0.2, 0) is 10.0 Å². The van der Waals surface area contributed by atoms with E-state index in [2.05, 4.69) is 0 Å². The first kappa shape index (κ1) is 9.35. The quantitative estimate of drug-likeness (QED) is 0.639. The molecule has 11 heavy (non-hydrogen) atoms. The molecule has 0 aromatic heterocycles. The number of sulfonamides is 1. The van der Waals surface area contributed by atoms with Gasteiger partial charge in [0.15, 0.2) is 0 Å². The molecule has 0 saturated carbocycles. The number of hydrogen-bond acceptors (Lipinski definition) is 3. The molecule has 0 spiro atoms. The molecule has 0 aliphatic carbocycles. The second kappa shape index (κ2) is 3.33. The third kappa shape index (κ3) is 2.35. The minimum Gasteiger partial charge on any atom is -0.213 e. The molecule has 1 aliphatic heterocycles. The fourth-order valence-corrected chi connectivity index (χ4v) is 2.84. The van der Waals surface area contributed by atoms with Gasteiger partial charge in [-0.15, -0.1) is 0 Å². The van der Waals surface area contributed by atoms with Crippen molar-refractivity contribution in [3.05, 3.63) is 0 Å². The zero-order valence-electron chi connectivity index (χ0n) is 6.78. The van der Waals surface area contributed by atoms with E-state index < -0.39 is 10.0 Å². The summed E-state index contributed by atoms with van der Waals surface area (Å²) in [4.78, 5) is 0. The molecule has 0 aromatic rings. The highest BCUT2D eigenvalue weighted by molar-refractivity contribution is 7.99. The highest BCUT2D eigenvalue weighted by Crippen LogP contribution is 2.21. The maximum Gasteiger partial charge on any atom is 0.211 e. The maximum atomic E-state index is 11.0. The molecule has 0 aromatic carbocycles. The number of rotatable bonds is 2. The van der Waals surface area contributed by atoms with Gasteiger partial charge >= 0.3 is 0 Å². The molecule has 0 radical (unpaired) electrons. The fourth-order valence-electron chi connectivity index (χ4n) is 1.19. The molecular weight excluding hydrogens is 182 g/mol. The van der Waals surface area contributed by atoms with E-state index in [1.165, 1.54) is 6.26 Å². The first-order chi connectivity index (χ1) is 5.04. The summed E-state index contributed by atoms with van der Waals surface area (Å²) in [6.07, 6.45) is 4.29. The van der Waals surface area contributed by atoms with E-state index >= 15 is 0 Å². The third-order valence-corrected chi connectivity index (χ3v) is 4.23. The smallest absolute Gasteiger partial charge is 0.211 e. The van der Waals surface area contributed by atoms with Crippen LogP contribution < -0.4 is 0 Å². The van der Waals surface area contributed by atoms with Crippen LogP contribution in [0.25, 0.3) is 0 Å². The van der Waals surface area contributed by atoms with Crippen LogP contribution in [0.3, 0.4) is 0 Å². The van der Waals surface area contributed by atoms with Gasteiger partial charge in [-0.1, -0.05) is 0 Å². The first-order valence-corrected chi connectivity index (χ1v) is 6.65. The van der Waals surface area contributed by atoms with Crippen LogP contribution in [0.1, 0.15) is 6.42 Å². The van der Waals surface area contributed by atoms with Crippen LogP contribution in [0, 0.1) is 0 Å². The lowest BCUT2D eigenvalue weighted by Gasteiger charge is -2.11. The second-order valence-electron chi connectivity index (χ2n) is 2.77. The number of thioether (sulfide) groups is 1.